The van der Waals surface area contributed by atoms with Gasteiger partial charge in [0.1, 0.15) is 0 Å². The summed E-state index contributed by atoms with van der Waals surface area (Å²) in [6, 6.07) is 0.314. The van der Waals surface area contributed by atoms with Crippen LogP contribution in [0.2, 0.25) is 0 Å². The van der Waals surface area contributed by atoms with Crippen LogP contribution in [-0.4, -0.2) is 18.2 Å². The van der Waals surface area contributed by atoms with Gasteiger partial charge in [0.05, 0.1) is 12.2 Å². The third-order valence-electron chi connectivity index (χ3n) is 4.95. The number of nitrogens with two attached hydrogens (primary N) is 1. The van der Waals surface area contributed by atoms with Crippen LogP contribution in [0, 0.1) is 5.41 Å². The molecule has 0 aromatic rings. The first-order chi connectivity index (χ1) is 6.77. The summed E-state index contributed by atoms with van der Waals surface area (Å²) < 4.78 is 6.06. The molecule has 1 heterocycles. The molecule has 3 rings (SSSR count). The van der Waals surface area contributed by atoms with E-state index in [1.165, 1.54) is 44.9 Å². The highest BCUT2D eigenvalue weighted by Gasteiger charge is 2.61. The Morgan fingerprint density at radius 1 is 1.00 bits per heavy atom. The average molecular weight is 195 g/mol. The topological polar surface area (TPSA) is 35.2 Å². The zero-order valence-corrected chi connectivity index (χ0v) is 8.93. The Morgan fingerprint density at radius 3 is 2.29 bits per heavy atom. The Bertz CT molecular complexity index is 225. The molecule has 1 aliphatic heterocycles. The molecule has 14 heavy (non-hydrogen) atoms. The van der Waals surface area contributed by atoms with Gasteiger partial charge in [0.2, 0.25) is 0 Å². The van der Waals surface area contributed by atoms with Gasteiger partial charge >= 0.3 is 0 Å². The van der Waals surface area contributed by atoms with Crippen molar-refractivity contribution in [3.05, 3.63) is 0 Å². The van der Waals surface area contributed by atoms with Crippen molar-refractivity contribution in [3.8, 4) is 0 Å². The predicted octanol–water partition coefficient (Wildman–Crippen LogP) is 2.22. The first-order valence-electron chi connectivity index (χ1n) is 6.16. The van der Waals surface area contributed by atoms with Crippen LogP contribution in [0.25, 0.3) is 0 Å². The zero-order valence-electron chi connectivity index (χ0n) is 8.93. The van der Waals surface area contributed by atoms with Gasteiger partial charge in [0, 0.05) is 6.04 Å². The van der Waals surface area contributed by atoms with E-state index in [0.717, 1.165) is 13.0 Å². The van der Waals surface area contributed by atoms with Crippen molar-refractivity contribution in [2.75, 3.05) is 6.61 Å². The van der Waals surface area contributed by atoms with Crippen molar-refractivity contribution in [2.24, 2.45) is 11.1 Å². The van der Waals surface area contributed by atoms with Crippen LogP contribution in [0.1, 0.15) is 51.4 Å². The van der Waals surface area contributed by atoms with Gasteiger partial charge in [-0.3, -0.25) is 0 Å². The third kappa shape index (κ3) is 1.04. The number of hydrogen-bond acceptors (Lipinski definition) is 2. The zero-order chi connectivity index (χ0) is 9.65. The van der Waals surface area contributed by atoms with E-state index in [2.05, 4.69) is 0 Å². The fourth-order valence-corrected chi connectivity index (χ4v) is 4.04. The van der Waals surface area contributed by atoms with Crippen molar-refractivity contribution in [1.29, 1.82) is 0 Å². The normalized spacial score (nSPS) is 45.6. The predicted molar refractivity (Wildman–Crippen MR) is 56.0 cm³/mol. The average Bonchev–Trinajstić information content (AvgIpc) is 2.63. The first kappa shape index (κ1) is 9.17. The molecular formula is C12H21NO. The molecule has 2 heteroatoms. The summed E-state index contributed by atoms with van der Waals surface area (Å²) in [5, 5.41) is 0. The Morgan fingerprint density at radius 2 is 1.79 bits per heavy atom. The summed E-state index contributed by atoms with van der Waals surface area (Å²) >= 11 is 0. The second-order valence-corrected chi connectivity index (χ2v) is 5.61. The minimum Gasteiger partial charge on any atom is -0.373 e. The van der Waals surface area contributed by atoms with Gasteiger partial charge in [-0.15, -0.1) is 0 Å². The fourth-order valence-electron chi connectivity index (χ4n) is 4.04. The van der Waals surface area contributed by atoms with Gasteiger partial charge < -0.3 is 10.5 Å². The number of rotatable bonds is 0. The van der Waals surface area contributed by atoms with E-state index in [1.54, 1.807) is 0 Å². The van der Waals surface area contributed by atoms with Crippen molar-refractivity contribution in [3.63, 3.8) is 0 Å². The minimum atomic E-state index is 0.229. The first-order valence-corrected chi connectivity index (χ1v) is 6.16. The van der Waals surface area contributed by atoms with E-state index >= 15 is 0 Å². The Kier molecular flexibility index (Phi) is 1.94. The van der Waals surface area contributed by atoms with Crippen LogP contribution in [0.15, 0.2) is 0 Å². The monoisotopic (exact) mass is 195 g/mol. The molecule has 0 bridgehead atoms. The van der Waals surface area contributed by atoms with Crippen LogP contribution in [0.4, 0.5) is 0 Å². The lowest BCUT2D eigenvalue weighted by Gasteiger charge is -2.59. The molecule has 0 radical (unpaired) electrons. The lowest BCUT2D eigenvalue weighted by molar-refractivity contribution is -0.190. The standard InChI is InChI=1S/C12H21NO/c13-10-8-12(14-9-10)7-6-11(12)4-2-1-3-5-11/h10H,1-9,13H2. The molecule has 2 aliphatic carbocycles. The molecule has 2 atom stereocenters. The second-order valence-electron chi connectivity index (χ2n) is 5.61. The summed E-state index contributed by atoms with van der Waals surface area (Å²) in [7, 11) is 0. The van der Waals surface area contributed by atoms with Crippen LogP contribution >= 0.6 is 0 Å². The lowest BCUT2D eigenvalue weighted by atomic mass is 9.50. The molecule has 0 aromatic carbocycles. The van der Waals surface area contributed by atoms with E-state index < -0.39 is 0 Å². The van der Waals surface area contributed by atoms with Crippen molar-refractivity contribution < 1.29 is 4.74 Å². The van der Waals surface area contributed by atoms with E-state index in [0.29, 0.717) is 11.5 Å². The highest BCUT2D eigenvalue weighted by atomic mass is 16.5. The van der Waals surface area contributed by atoms with Crippen LogP contribution in [0.5, 0.6) is 0 Å². The Labute approximate surface area is 86.2 Å². The molecule has 2 unspecified atom stereocenters. The molecule has 3 fully saturated rings. The summed E-state index contributed by atoms with van der Waals surface area (Å²) in [5.41, 5.74) is 6.77. The quantitative estimate of drug-likeness (QED) is 0.643. The highest BCUT2D eigenvalue weighted by molar-refractivity contribution is 5.13. The molecule has 0 amide bonds. The van der Waals surface area contributed by atoms with Crippen molar-refractivity contribution >= 4 is 0 Å². The van der Waals surface area contributed by atoms with E-state index in [1.807, 2.05) is 0 Å². The van der Waals surface area contributed by atoms with Gasteiger partial charge in [-0.05, 0) is 37.5 Å². The highest BCUT2D eigenvalue weighted by Crippen LogP contribution is 2.63. The Balaban J connectivity index is 1.80. The SMILES string of the molecule is NC1COC2(CCC23CCCCC3)C1. The van der Waals surface area contributed by atoms with E-state index in [9.17, 15) is 0 Å². The summed E-state index contributed by atoms with van der Waals surface area (Å²) in [6.07, 6.45) is 10.9. The molecule has 0 aromatic heterocycles. The van der Waals surface area contributed by atoms with Crippen LogP contribution in [-0.2, 0) is 4.74 Å². The number of fused-ring (bicyclic) bond motifs is 1. The van der Waals surface area contributed by atoms with E-state index in [4.69, 9.17) is 10.5 Å². The molecular weight excluding hydrogens is 174 g/mol. The maximum atomic E-state index is 6.06. The van der Waals surface area contributed by atoms with Crippen molar-refractivity contribution in [1.82, 2.24) is 0 Å². The molecule has 2 spiro atoms. The Hall–Kier alpha value is -0.0800. The fraction of sp³-hybridized carbons (Fsp3) is 1.00. The minimum absolute atomic E-state index is 0.229. The number of hydrogen-bond donors (Lipinski definition) is 1. The van der Waals surface area contributed by atoms with Gasteiger partial charge in [-0.2, -0.15) is 0 Å². The smallest absolute Gasteiger partial charge is 0.0755 e. The lowest BCUT2D eigenvalue weighted by Crippen LogP contribution is -2.58. The maximum absolute atomic E-state index is 6.06. The molecule has 80 valence electrons. The largest absolute Gasteiger partial charge is 0.373 e. The molecule has 2 nitrogen and oxygen atoms in total. The van der Waals surface area contributed by atoms with Gasteiger partial charge in [-0.25, -0.2) is 0 Å². The van der Waals surface area contributed by atoms with Gasteiger partial charge in [0.25, 0.3) is 0 Å². The number of ether oxygens (including phenoxy) is 1. The van der Waals surface area contributed by atoms with Crippen molar-refractivity contribution in [2.45, 2.75) is 63.0 Å². The van der Waals surface area contributed by atoms with Crippen LogP contribution in [0.3, 0.4) is 0 Å². The summed E-state index contributed by atoms with van der Waals surface area (Å²) in [5.74, 6) is 0. The van der Waals surface area contributed by atoms with Gasteiger partial charge in [0.15, 0.2) is 0 Å². The summed E-state index contributed by atoms with van der Waals surface area (Å²) in [4.78, 5) is 0. The molecule has 1 saturated heterocycles. The third-order valence-corrected chi connectivity index (χ3v) is 4.95. The molecule has 2 saturated carbocycles. The van der Waals surface area contributed by atoms with Gasteiger partial charge in [-0.1, -0.05) is 19.3 Å². The summed E-state index contributed by atoms with van der Waals surface area (Å²) in [6.45, 7) is 0.807. The van der Waals surface area contributed by atoms with Crippen LogP contribution < -0.4 is 5.73 Å². The van der Waals surface area contributed by atoms with E-state index in [-0.39, 0.29) is 5.60 Å². The maximum Gasteiger partial charge on any atom is 0.0755 e. The molecule has 2 N–H and O–H groups in total. The second kappa shape index (κ2) is 2.96. The molecule has 3 aliphatic rings.